The van der Waals surface area contributed by atoms with Crippen molar-refractivity contribution in [3.05, 3.63) is 101 Å². The Hall–Kier alpha value is -3.47. The average molecular weight is 373 g/mol. The van der Waals surface area contributed by atoms with Gasteiger partial charge in [0.05, 0.1) is 18.3 Å². The number of rotatable bonds is 5. The minimum Gasteiger partial charge on any atom is -0.348 e. The monoisotopic (exact) mass is 373 g/mol. The third-order valence-electron chi connectivity index (χ3n) is 4.73. The third kappa shape index (κ3) is 3.93. The lowest BCUT2D eigenvalue weighted by Gasteiger charge is -2.08. The Labute approximate surface area is 162 Å². The fourth-order valence-electron chi connectivity index (χ4n) is 3.09. The molecule has 1 heterocycles. The number of aryl methyl sites for hydroxylation is 1. The topological polar surface area (TPSA) is 46.9 Å². The van der Waals surface area contributed by atoms with Crippen molar-refractivity contribution in [2.75, 3.05) is 0 Å². The lowest BCUT2D eigenvalue weighted by Crippen LogP contribution is -2.22. The van der Waals surface area contributed by atoms with Gasteiger partial charge in [-0.3, -0.25) is 9.48 Å². The fourth-order valence-corrected chi connectivity index (χ4v) is 3.09. The van der Waals surface area contributed by atoms with Crippen LogP contribution >= 0.6 is 0 Å². The Morgan fingerprint density at radius 2 is 1.71 bits per heavy atom. The van der Waals surface area contributed by atoms with Crippen molar-refractivity contribution in [3.8, 4) is 0 Å². The van der Waals surface area contributed by atoms with Crippen molar-refractivity contribution in [1.82, 2.24) is 15.1 Å². The molecule has 0 bridgehead atoms. The molecule has 3 aromatic carbocycles. The molecule has 0 saturated carbocycles. The molecule has 0 radical (unpaired) electrons. The summed E-state index contributed by atoms with van der Waals surface area (Å²) in [4.78, 5) is 12.6. The summed E-state index contributed by atoms with van der Waals surface area (Å²) in [7, 11) is 0. The van der Waals surface area contributed by atoms with Crippen LogP contribution in [0.3, 0.4) is 0 Å². The summed E-state index contributed by atoms with van der Waals surface area (Å²) < 4.78 is 14.9. The summed E-state index contributed by atoms with van der Waals surface area (Å²) in [6, 6.07) is 20.0. The standard InChI is InChI=1S/C23H20FN3O/c1-16-2-4-17(5-3-16)13-25-23(28)19-8-9-20-14-26-27(22(20)12-19)15-18-6-10-21(24)11-7-18/h2-12,14H,13,15H2,1H3,(H,25,28). The molecule has 0 atom stereocenters. The molecule has 28 heavy (non-hydrogen) atoms. The van der Waals surface area contributed by atoms with Crippen LogP contribution in [0.1, 0.15) is 27.0 Å². The van der Waals surface area contributed by atoms with E-state index < -0.39 is 0 Å². The highest BCUT2D eigenvalue weighted by molar-refractivity contribution is 5.97. The van der Waals surface area contributed by atoms with Gasteiger partial charge >= 0.3 is 0 Å². The number of halogens is 1. The Morgan fingerprint density at radius 1 is 1.00 bits per heavy atom. The van der Waals surface area contributed by atoms with Crippen molar-refractivity contribution < 1.29 is 9.18 Å². The largest absolute Gasteiger partial charge is 0.348 e. The molecule has 4 rings (SSSR count). The highest BCUT2D eigenvalue weighted by Gasteiger charge is 2.10. The Kier molecular flexibility index (Phi) is 4.89. The molecule has 4 nitrogen and oxygen atoms in total. The van der Waals surface area contributed by atoms with Gasteiger partial charge in [-0.15, -0.1) is 0 Å². The summed E-state index contributed by atoms with van der Waals surface area (Å²) in [6.45, 7) is 3.02. The molecule has 1 amide bonds. The molecule has 0 aliphatic carbocycles. The Balaban J connectivity index is 1.52. The van der Waals surface area contributed by atoms with Crippen LogP contribution in [-0.2, 0) is 13.1 Å². The van der Waals surface area contributed by atoms with E-state index in [4.69, 9.17) is 0 Å². The highest BCUT2D eigenvalue weighted by atomic mass is 19.1. The molecule has 0 saturated heterocycles. The summed E-state index contributed by atoms with van der Waals surface area (Å²) >= 11 is 0. The zero-order valence-corrected chi connectivity index (χ0v) is 15.5. The van der Waals surface area contributed by atoms with Crippen LogP contribution in [0.15, 0.2) is 72.9 Å². The lowest BCUT2D eigenvalue weighted by atomic mass is 10.1. The second-order valence-electron chi connectivity index (χ2n) is 6.87. The van der Waals surface area contributed by atoms with E-state index in [-0.39, 0.29) is 11.7 Å². The molecule has 0 aliphatic heterocycles. The predicted octanol–water partition coefficient (Wildman–Crippen LogP) is 4.46. The zero-order chi connectivity index (χ0) is 19.5. The number of benzene rings is 3. The number of aromatic nitrogens is 2. The van der Waals surface area contributed by atoms with Crippen LogP contribution in [0.5, 0.6) is 0 Å². The predicted molar refractivity (Wildman–Crippen MR) is 108 cm³/mol. The normalized spacial score (nSPS) is 10.9. The number of fused-ring (bicyclic) bond motifs is 1. The number of hydrogen-bond donors (Lipinski definition) is 1. The SMILES string of the molecule is Cc1ccc(CNC(=O)c2ccc3cnn(Cc4ccc(F)cc4)c3c2)cc1. The van der Waals surface area contributed by atoms with Gasteiger partial charge < -0.3 is 5.32 Å². The van der Waals surface area contributed by atoms with E-state index >= 15 is 0 Å². The van der Waals surface area contributed by atoms with Gasteiger partial charge in [0, 0.05) is 17.5 Å². The van der Waals surface area contributed by atoms with Gasteiger partial charge in [0.25, 0.3) is 5.91 Å². The van der Waals surface area contributed by atoms with Crippen molar-refractivity contribution >= 4 is 16.8 Å². The van der Waals surface area contributed by atoms with E-state index in [1.165, 1.54) is 17.7 Å². The summed E-state index contributed by atoms with van der Waals surface area (Å²) in [5.74, 6) is -0.390. The van der Waals surface area contributed by atoms with Crippen molar-refractivity contribution in [1.29, 1.82) is 0 Å². The van der Waals surface area contributed by atoms with Gasteiger partial charge in [-0.2, -0.15) is 5.10 Å². The minimum atomic E-state index is -0.262. The maximum atomic E-state index is 13.1. The van der Waals surface area contributed by atoms with E-state index in [0.29, 0.717) is 18.7 Å². The zero-order valence-electron chi connectivity index (χ0n) is 15.5. The smallest absolute Gasteiger partial charge is 0.251 e. The fraction of sp³-hybridized carbons (Fsp3) is 0.130. The Morgan fingerprint density at radius 3 is 2.46 bits per heavy atom. The summed E-state index contributed by atoms with van der Waals surface area (Å²) in [5, 5.41) is 8.32. The minimum absolute atomic E-state index is 0.128. The van der Waals surface area contributed by atoms with E-state index in [9.17, 15) is 9.18 Å². The van der Waals surface area contributed by atoms with E-state index in [1.807, 2.05) is 48.0 Å². The maximum absolute atomic E-state index is 13.1. The van der Waals surface area contributed by atoms with Crippen LogP contribution in [0.2, 0.25) is 0 Å². The van der Waals surface area contributed by atoms with Crippen LogP contribution in [0.4, 0.5) is 4.39 Å². The number of carbonyl (C=O) groups excluding carboxylic acids is 1. The number of carbonyl (C=O) groups is 1. The van der Waals surface area contributed by atoms with Gasteiger partial charge in [-0.25, -0.2) is 4.39 Å². The first-order valence-corrected chi connectivity index (χ1v) is 9.12. The molecule has 0 spiro atoms. The van der Waals surface area contributed by atoms with Gasteiger partial charge in [0.1, 0.15) is 5.82 Å². The molecule has 5 heteroatoms. The molecular weight excluding hydrogens is 353 g/mol. The van der Waals surface area contributed by atoms with Crippen LogP contribution in [0, 0.1) is 12.7 Å². The molecule has 0 unspecified atom stereocenters. The van der Waals surface area contributed by atoms with E-state index in [0.717, 1.165) is 22.0 Å². The van der Waals surface area contributed by atoms with Gasteiger partial charge in [-0.05, 0) is 42.3 Å². The number of nitrogens with one attached hydrogen (secondary N) is 1. The van der Waals surface area contributed by atoms with Crippen LogP contribution in [-0.4, -0.2) is 15.7 Å². The van der Waals surface area contributed by atoms with Crippen molar-refractivity contribution in [2.24, 2.45) is 0 Å². The molecule has 140 valence electrons. The first-order valence-electron chi connectivity index (χ1n) is 9.12. The molecule has 0 fully saturated rings. The van der Waals surface area contributed by atoms with E-state index in [2.05, 4.69) is 10.4 Å². The molecular formula is C23H20FN3O. The van der Waals surface area contributed by atoms with Gasteiger partial charge in [0.15, 0.2) is 0 Å². The van der Waals surface area contributed by atoms with Crippen LogP contribution < -0.4 is 5.32 Å². The summed E-state index contributed by atoms with van der Waals surface area (Å²) in [5.41, 5.74) is 4.64. The van der Waals surface area contributed by atoms with Crippen molar-refractivity contribution in [3.63, 3.8) is 0 Å². The number of nitrogens with zero attached hydrogens (tertiary/aromatic N) is 2. The third-order valence-corrected chi connectivity index (χ3v) is 4.73. The maximum Gasteiger partial charge on any atom is 0.251 e. The second kappa shape index (κ2) is 7.64. The average Bonchev–Trinajstić information content (AvgIpc) is 3.11. The molecule has 1 N–H and O–H groups in total. The van der Waals surface area contributed by atoms with Crippen molar-refractivity contribution in [2.45, 2.75) is 20.0 Å². The molecule has 0 aliphatic rings. The van der Waals surface area contributed by atoms with Crippen LogP contribution in [0.25, 0.3) is 10.9 Å². The molecule has 1 aromatic heterocycles. The summed E-state index contributed by atoms with van der Waals surface area (Å²) in [6.07, 6.45) is 1.77. The highest BCUT2D eigenvalue weighted by Crippen LogP contribution is 2.18. The molecule has 4 aromatic rings. The first-order chi connectivity index (χ1) is 13.6. The second-order valence-corrected chi connectivity index (χ2v) is 6.87. The van der Waals surface area contributed by atoms with E-state index in [1.54, 1.807) is 24.4 Å². The van der Waals surface area contributed by atoms with Gasteiger partial charge in [-0.1, -0.05) is 48.0 Å². The first kappa shape index (κ1) is 17.9. The quantitative estimate of drug-likeness (QED) is 0.561. The van der Waals surface area contributed by atoms with Gasteiger partial charge in [0.2, 0.25) is 0 Å². The number of hydrogen-bond acceptors (Lipinski definition) is 2. The lowest BCUT2D eigenvalue weighted by molar-refractivity contribution is 0.0951. The number of amides is 1. The Bertz CT molecular complexity index is 1120.